The minimum atomic E-state index is -0.504. The number of β-amino-alcohol motifs (C(OH)–C–C–N with tert-alkyl or cyclic N) is 1. The number of anilines is 1. The molecular weight excluding hydrogens is 326 g/mol. The van der Waals surface area contributed by atoms with E-state index in [9.17, 15) is 5.11 Å². The van der Waals surface area contributed by atoms with Crippen molar-refractivity contribution < 1.29 is 9.84 Å². The van der Waals surface area contributed by atoms with Gasteiger partial charge in [-0.2, -0.15) is 0 Å². The van der Waals surface area contributed by atoms with Crippen molar-refractivity contribution in [3.8, 4) is 5.75 Å². The van der Waals surface area contributed by atoms with Gasteiger partial charge in [-0.3, -0.25) is 4.90 Å². The molecule has 1 aliphatic rings. The topological polar surface area (TPSA) is 48.8 Å². The Balaban J connectivity index is 1.43. The van der Waals surface area contributed by atoms with E-state index in [1.807, 2.05) is 42.5 Å². The van der Waals surface area contributed by atoms with E-state index < -0.39 is 6.10 Å². The Bertz CT molecular complexity index is 633. The third kappa shape index (κ3) is 4.60. The molecule has 0 amide bonds. The summed E-state index contributed by atoms with van der Waals surface area (Å²) in [6.07, 6.45) is 1.26. The number of benzene rings is 1. The number of halogens is 1. The van der Waals surface area contributed by atoms with Crippen LogP contribution in [0, 0.1) is 0 Å². The van der Waals surface area contributed by atoms with E-state index in [0.717, 1.165) is 37.7 Å². The van der Waals surface area contributed by atoms with E-state index in [1.165, 1.54) is 0 Å². The minimum Gasteiger partial charge on any atom is -0.491 e. The second-order valence-electron chi connectivity index (χ2n) is 5.87. The molecule has 24 heavy (non-hydrogen) atoms. The molecule has 1 N–H and O–H groups in total. The van der Waals surface area contributed by atoms with Crippen LogP contribution in [-0.2, 0) is 0 Å². The first kappa shape index (κ1) is 17.0. The molecule has 3 rings (SSSR count). The molecule has 1 aliphatic heterocycles. The largest absolute Gasteiger partial charge is 0.491 e. The molecule has 0 radical (unpaired) electrons. The molecule has 0 aliphatic carbocycles. The fourth-order valence-corrected chi connectivity index (χ4v) is 3.05. The average Bonchev–Trinajstić information content (AvgIpc) is 2.62. The van der Waals surface area contributed by atoms with Crippen LogP contribution < -0.4 is 9.64 Å². The molecule has 128 valence electrons. The van der Waals surface area contributed by atoms with Crippen molar-refractivity contribution in [1.29, 1.82) is 0 Å². The predicted octanol–water partition coefficient (Wildman–Crippen LogP) is 2.30. The van der Waals surface area contributed by atoms with E-state index in [0.29, 0.717) is 18.2 Å². The van der Waals surface area contributed by atoms with Gasteiger partial charge < -0.3 is 14.7 Å². The molecule has 0 saturated carbocycles. The number of hydrogen-bond donors (Lipinski definition) is 1. The minimum absolute atomic E-state index is 0.302. The molecular formula is C18H22ClN3O2. The Kier molecular flexibility index (Phi) is 5.91. The number of aliphatic hydroxyl groups excluding tert-OH is 1. The summed E-state index contributed by atoms with van der Waals surface area (Å²) in [6.45, 7) is 4.35. The monoisotopic (exact) mass is 347 g/mol. The number of aliphatic hydroxyl groups is 1. The number of para-hydroxylation sites is 1. The van der Waals surface area contributed by atoms with Crippen LogP contribution in [0.2, 0.25) is 5.02 Å². The molecule has 1 aromatic heterocycles. The summed E-state index contributed by atoms with van der Waals surface area (Å²) in [7, 11) is 0. The zero-order valence-electron chi connectivity index (χ0n) is 13.5. The number of nitrogens with zero attached hydrogens (tertiary/aromatic N) is 3. The lowest BCUT2D eigenvalue weighted by atomic mass is 10.2. The third-order valence-corrected chi connectivity index (χ3v) is 4.36. The van der Waals surface area contributed by atoms with E-state index >= 15 is 0 Å². The van der Waals surface area contributed by atoms with E-state index in [4.69, 9.17) is 16.3 Å². The Labute approximate surface area is 147 Å². The number of rotatable bonds is 6. The zero-order valence-corrected chi connectivity index (χ0v) is 14.3. The highest BCUT2D eigenvalue weighted by Crippen LogP contribution is 2.23. The lowest BCUT2D eigenvalue weighted by Gasteiger charge is -2.36. The summed E-state index contributed by atoms with van der Waals surface area (Å²) in [5.41, 5.74) is 0. The maximum atomic E-state index is 10.2. The van der Waals surface area contributed by atoms with Gasteiger partial charge in [0.25, 0.3) is 0 Å². The maximum absolute atomic E-state index is 10.2. The van der Waals surface area contributed by atoms with Gasteiger partial charge in [0.15, 0.2) is 0 Å². The number of pyridine rings is 1. The van der Waals surface area contributed by atoms with Crippen LogP contribution in [0.3, 0.4) is 0 Å². The second kappa shape index (κ2) is 8.33. The first-order chi connectivity index (χ1) is 11.7. The normalized spacial score (nSPS) is 16.8. The zero-order chi connectivity index (χ0) is 16.8. The van der Waals surface area contributed by atoms with Crippen molar-refractivity contribution in [3.05, 3.63) is 53.7 Å². The highest BCUT2D eigenvalue weighted by atomic mass is 35.5. The first-order valence-corrected chi connectivity index (χ1v) is 8.54. The van der Waals surface area contributed by atoms with Crippen LogP contribution >= 0.6 is 11.6 Å². The Morgan fingerprint density at radius 2 is 1.83 bits per heavy atom. The summed E-state index contributed by atoms with van der Waals surface area (Å²) in [5, 5.41) is 10.9. The van der Waals surface area contributed by atoms with Gasteiger partial charge in [-0.1, -0.05) is 29.8 Å². The van der Waals surface area contributed by atoms with Crippen LogP contribution in [0.4, 0.5) is 5.82 Å². The van der Waals surface area contributed by atoms with Crippen molar-refractivity contribution in [3.63, 3.8) is 0 Å². The molecule has 0 bridgehead atoms. The van der Waals surface area contributed by atoms with Crippen molar-refractivity contribution in [2.45, 2.75) is 6.10 Å². The fraction of sp³-hybridized carbons (Fsp3) is 0.389. The number of aromatic nitrogens is 1. The molecule has 6 heteroatoms. The van der Waals surface area contributed by atoms with Gasteiger partial charge in [0.2, 0.25) is 0 Å². The van der Waals surface area contributed by atoms with Crippen LogP contribution in [0.15, 0.2) is 48.7 Å². The van der Waals surface area contributed by atoms with Gasteiger partial charge in [0.1, 0.15) is 24.3 Å². The molecule has 5 nitrogen and oxygen atoms in total. The van der Waals surface area contributed by atoms with Crippen molar-refractivity contribution in [2.75, 3.05) is 44.2 Å². The van der Waals surface area contributed by atoms with Crippen LogP contribution in [0.25, 0.3) is 0 Å². The highest BCUT2D eigenvalue weighted by Gasteiger charge is 2.21. The molecule has 1 atom stereocenters. The van der Waals surface area contributed by atoms with Crippen molar-refractivity contribution in [2.24, 2.45) is 0 Å². The van der Waals surface area contributed by atoms with Gasteiger partial charge in [0.05, 0.1) is 5.02 Å². The second-order valence-corrected chi connectivity index (χ2v) is 6.28. The Morgan fingerprint density at radius 3 is 2.54 bits per heavy atom. The smallest absolute Gasteiger partial charge is 0.147 e. The molecule has 0 spiro atoms. The number of hydrogen-bond acceptors (Lipinski definition) is 5. The molecule has 1 saturated heterocycles. The lowest BCUT2D eigenvalue weighted by molar-refractivity contribution is 0.0662. The predicted molar refractivity (Wildman–Crippen MR) is 95.8 cm³/mol. The summed E-state index contributed by atoms with van der Waals surface area (Å²) in [6, 6.07) is 13.3. The molecule has 1 aromatic carbocycles. The molecule has 1 unspecified atom stereocenters. The average molecular weight is 348 g/mol. The Morgan fingerprint density at radius 1 is 1.08 bits per heavy atom. The van der Waals surface area contributed by atoms with E-state index in [1.54, 1.807) is 6.20 Å². The van der Waals surface area contributed by atoms with Crippen molar-refractivity contribution >= 4 is 17.4 Å². The summed E-state index contributed by atoms with van der Waals surface area (Å²) in [4.78, 5) is 8.79. The van der Waals surface area contributed by atoms with Crippen LogP contribution in [0.5, 0.6) is 5.75 Å². The van der Waals surface area contributed by atoms with Gasteiger partial charge in [0, 0.05) is 38.9 Å². The highest BCUT2D eigenvalue weighted by molar-refractivity contribution is 6.32. The van der Waals surface area contributed by atoms with Gasteiger partial charge in [-0.15, -0.1) is 0 Å². The maximum Gasteiger partial charge on any atom is 0.147 e. The number of ether oxygens (including phenoxy) is 1. The SMILES string of the molecule is OC(COc1ccccc1)CN1CCN(c2ncccc2Cl)CC1. The number of piperazine rings is 1. The summed E-state index contributed by atoms with van der Waals surface area (Å²) < 4.78 is 5.60. The van der Waals surface area contributed by atoms with Gasteiger partial charge >= 0.3 is 0 Å². The quantitative estimate of drug-likeness (QED) is 0.869. The lowest BCUT2D eigenvalue weighted by Crippen LogP contribution is -2.49. The standard InChI is InChI=1S/C18H22ClN3O2/c19-17-7-4-8-20-18(17)22-11-9-21(10-12-22)13-15(23)14-24-16-5-2-1-3-6-16/h1-8,15,23H,9-14H2. The molecule has 1 fully saturated rings. The van der Waals surface area contributed by atoms with Gasteiger partial charge in [-0.05, 0) is 24.3 Å². The van der Waals surface area contributed by atoms with Gasteiger partial charge in [-0.25, -0.2) is 4.98 Å². The van der Waals surface area contributed by atoms with Crippen LogP contribution in [0.1, 0.15) is 0 Å². The van der Waals surface area contributed by atoms with Crippen molar-refractivity contribution in [1.82, 2.24) is 9.88 Å². The fourth-order valence-electron chi connectivity index (χ4n) is 2.81. The Hall–Kier alpha value is -1.82. The third-order valence-electron chi connectivity index (χ3n) is 4.07. The van der Waals surface area contributed by atoms with E-state index in [2.05, 4.69) is 14.8 Å². The van der Waals surface area contributed by atoms with E-state index in [-0.39, 0.29) is 0 Å². The molecule has 2 heterocycles. The first-order valence-electron chi connectivity index (χ1n) is 8.16. The summed E-state index contributed by atoms with van der Waals surface area (Å²) in [5.74, 6) is 1.62. The summed E-state index contributed by atoms with van der Waals surface area (Å²) >= 11 is 6.20. The van der Waals surface area contributed by atoms with Crippen LogP contribution in [-0.4, -0.2) is 60.4 Å². The molecule has 2 aromatic rings.